The number of hydrogen-bond acceptors (Lipinski definition) is 4. The average Bonchev–Trinajstić information content (AvgIpc) is 2.81. The van der Waals surface area contributed by atoms with Crippen LogP contribution in [-0.4, -0.2) is 24.6 Å². The van der Waals surface area contributed by atoms with Crippen LogP contribution in [-0.2, 0) is 19.4 Å². The average molecular weight is 244 g/mol. The van der Waals surface area contributed by atoms with Gasteiger partial charge in [0.25, 0.3) is 0 Å². The van der Waals surface area contributed by atoms with E-state index in [1.807, 2.05) is 11.5 Å². The first-order chi connectivity index (χ1) is 8.78. The highest BCUT2D eigenvalue weighted by molar-refractivity contribution is 5.27. The van der Waals surface area contributed by atoms with Crippen LogP contribution < -0.4 is 0 Å². The standard InChI is InChI=1S/C13H16N4O/c1-9-6-10(7-18)16-13(15-9)17-8-14-11-4-2-3-5-12(11)17/h6,8,18H,2-5,7H2,1H3. The van der Waals surface area contributed by atoms with Gasteiger partial charge >= 0.3 is 0 Å². The fourth-order valence-corrected chi connectivity index (χ4v) is 2.45. The van der Waals surface area contributed by atoms with Crippen molar-refractivity contribution in [1.29, 1.82) is 0 Å². The van der Waals surface area contributed by atoms with Gasteiger partial charge in [-0.05, 0) is 38.7 Å². The number of imidazole rings is 1. The minimum Gasteiger partial charge on any atom is -0.390 e. The normalized spacial score (nSPS) is 14.6. The van der Waals surface area contributed by atoms with E-state index in [0.717, 1.165) is 24.2 Å². The van der Waals surface area contributed by atoms with E-state index < -0.39 is 0 Å². The summed E-state index contributed by atoms with van der Waals surface area (Å²) in [6.07, 6.45) is 6.27. The summed E-state index contributed by atoms with van der Waals surface area (Å²) in [4.78, 5) is 13.2. The minimum atomic E-state index is -0.0623. The molecule has 2 aromatic rings. The number of hydrogen-bond donors (Lipinski definition) is 1. The Morgan fingerprint density at radius 1 is 1.28 bits per heavy atom. The van der Waals surface area contributed by atoms with Crippen LogP contribution in [0.5, 0.6) is 0 Å². The van der Waals surface area contributed by atoms with Crippen molar-refractivity contribution in [1.82, 2.24) is 19.5 Å². The second-order valence-corrected chi connectivity index (χ2v) is 4.67. The molecule has 1 aliphatic carbocycles. The largest absolute Gasteiger partial charge is 0.390 e. The molecule has 0 amide bonds. The first kappa shape index (κ1) is 11.3. The molecule has 0 atom stereocenters. The van der Waals surface area contributed by atoms with E-state index in [9.17, 15) is 5.11 Å². The lowest BCUT2D eigenvalue weighted by molar-refractivity contribution is 0.276. The Kier molecular flexibility index (Phi) is 2.83. The summed E-state index contributed by atoms with van der Waals surface area (Å²) >= 11 is 0. The van der Waals surface area contributed by atoms with Crippen LogP contribution >= 0.6 is 0 Å². The van der Waals surface area contributed by atoms with E-state index in [-0.39, 0.29) is 6.61 Å². The van der Waals surface area contributed by atoms with Crippen LogP contribution in [0.15, 0.2) is 12.4 Å². The van der Waals surface area contributed by atoms with E-state index in [4.69, 9.17) is 0 Å². The van der Waals surface area contributed by atoms with E-state index in [1.54, 1.807) is 12.4 Å². The summed E-state index contributed by atoms with van der Waals surface area (Å²) in [7, 11) is 0. The minimum absolute atomic E-state index is 0.0623. The molecule has 0 aliphatic heterocycles. The van der Waals surface area contributed by atoms with Crippen LogP contribution in [0, 0.1) is 6.92 Å². The van der Waals surface area contributed by atoms with Crippen LogP contribution in [0.2, 0.25) is 0 Å². The van der Waals surface area contributed by atoms with Gasteiger partial charge in [-0.2, -0.15) is 0 Å². The van der Waals surface area contributed by atoms with Crippen LogP contribution in [0.25, 0.3) is 5.95 Å². The van der Waals surface area contributed by atoms with Gasteiger partial charge in [-0.25, -0.2) is 15.0 Å². The van der Waals surface area contributed by atoms with Crippen LogP contribution in [0.4, 0.5) is 0 Å². The Bertz CT molecular complexity index is 576. The first-order valence-corrected chi connectivity index (χ1v) is 6.29. The quantitative estimate of drug-likeness (QED) is 0.866. The molecule has 0 fully saturated rings. The van der Waals surface area contributed by atoms with Crippen molar-refractivity contribution in [2.24, 2.45) is 0 Å². The molecule has 0 saturated carbocycles. The topological polar surface area (TPSA) is 63.8 Å². The maximum absolute atomic E-state index is 9.21. The van der Waals surface area contributed by atoms with Gasteiger partial charge in [-0.3, -0.25) is 4.57 Å². The van der Waals surface area contributed by atoms with Crippen molar-refractivity contribution in [3.8, 4) is 5.95 Å². The van der Waals surface area contributed by atoms with Crippen LogP contribution in [0.1, 0.15) is 35.6 Å². The number of aryl methyl sites for hydroxylation is 2. The predicted molar refractivity (Wildman–Crippen MR) is 66.5 cm³/mol. The molecule has 0 bridgehead atoms. The maximum atomic E-state index is 9.21. The van der Waals surface area contributed by atoms with Crippen molar-refractivity contribution in [3.05, 3.63) is 35.2 Å². The molecule has 18 heavy (non-hydrogen) atoms. The number of aromatic nitrogens is 4. The van der Waals surface area contributed by atoms with Gasteiger partial charge in [0, 0.05) is 11.4 Å². The SMILES string of the molecule is Cc1cc(CO)nc(-n2cnc3c2CCCC3)n1. The molecule has 2 aromatic heterocycles. The summed E-state index contributed by atoms with van der Waals surface area (Å²) in [5.41, 5.74) is 3.89. The van der Waals surface area contributed by atoms with Gasteiger partial charge < -0.3 is 5.11 Å². The van der Waals surface area contributed by atoms with Crippen molar-refractivity contribution in [2.45, 2.75) is 39.2 Å². The molecular weight excluding hydrogens is 228 g/mol. The Morgan fingerprint density at radius 2 is 2.11 bits per heavy atom. The van der Waals surface area contributed by atoms with E-state index in [1.165, 1.54) is 18.5 Å². The fourth-order valence-electron chi connectivity index (χ4n) is 2.45. The van der Waals surface area contributed by atoms with Crippen molar-refractivity contribution in [3.63, 3.8) is 0 Å². The number of aliphatic hydroxyl groups is 1. The summed E-state index contributed by atoms with van der Waals surface area (Å²) in [6, 6.07) is 1.80. The monoisotopic (exact) mass is 244 g/mol. The van der Waals surface area contributed by atoms with Gasteiger partial charge in [-0.15, -0.1) is 0 Å². The van der Waals surface area contributed by atoms with Gasteiger partial charge in [-0.1, -0.05) is 0 Å². The van der Waals surface area contributed by atoms with E-state index in [2.05, 4.69) is 15.0 Å². The zero-order valence-corrected chi connectivity index (χ0v) is 10.4. The van der Waals surface area contributed by atoms with Gasteiger partial charge in [0.1, 0.15) is 6.33 Å². The molecule has 0 radical (unpaired) electrons. The van der Waals surface area contributed by atoms with Gasteiger partial charge in [0.05, 0.1) is 18.0 Å². The fraction of sp³-hybridized carbons (Fsp3) is 0.462. The molecule has 0 spiro atoms. The summed E-state index contributed by atoms with van der Waals surface area (Å²) in [6.45, 7) is 1.85. The Balaban J connectivity index is 2.09. The second-order valence-electron chi connectivity index (χ2n) is 4.67. The molecule has 5 nitrogen and oxygen atoms in total. The Labute approximate surface area is 106 Å². The maximum Gasteiger partial charge on any atom is 0.235 e. The highest BCUT2D eigenvalue weighted by Gasteiger charge is 2.17. The third-order valence-electron chi connectivity index (χ3n) is 3.30. The predicted octanol–water partition coefficient (Wildman–Crippen LogP) is 1.34. The van der Waals surface area contributed by atoms with Crippen LogP contribution in [0.3, 0.4) is 0 Å². The molecule has 0 unspecified atom stereocenters. The molecule has 1 N–H and O–H groups in total. The summed E-state index contributed by atoms with van der Waals surface area (Å²) in [5.74, 6) is 0.620. The number of aliphatic hydroxyl groups excluding tert-OH is 1. The molecular formula is C13H16N4O. The lowest BCUT2D eigenvalue weighted by Crippen LogP contribution is -2.10. The van der Waals surface area contributed by atoms with E-state index in [0.29, 0.717) is 11.6 Å². The highest BCUT2D eigenvalue weighted by Crippen LogP contribution is 2.21. The lowest BCUT2D eigenvalue weighted by atomic mass is 10.0. The molecule has 0 saturated heterocycles. The molecule has 1 aliphatic rings. The smallest absolute Gasteiger partial charge is 0.235 e. The van der Waals surface area contributed by atoms with Crippen molar-refractivity contribution >= 4 is 0 Å². The molecule has 0 aromatic carbocycles. The molecule has 2 heterocycles. The molecule has 94 valence electrons. The van der Waals surface area contributed by atoms with Gasteiger partial charge in [0.2, 0.25) is 5.95 Å². The van der Waals surface area contributed by atoms with Crippen molar-refractivity contribution < 1.29 is 5.11 Å². The third-order valence-corrected chi connectivity index (χ3v) is 3.30. The number of nitrogens with zero attached hydrogens (tertiary/aromatic N) is 4. The zero-order valence-electron chi connectivity index (χ0n) is 10.4. The summed E-state index contributed by atoms with van der Waals surface area (Å²) < 4.78 is 1.96. The third kappa shape index (κ3) is 1.90. The Morgan fingerprint density at radius 3 is 2.94 bits per heavy atom. The highest BCUT2D eigenvalue weighted by atomic mass is 16.3. The second kappa shape index (κ2) is 4.49. The molecule has 3 rings (SSSR count). The zero-order chi connectivity index (χ0) is 12.5. The number of rotatable bonds is 2. The number of fused-ring (bicyclic) bond motifs is 1. The van der Waals surface area contributed by atoms with Crippen molar-refractivity contribution in [2.75, 3.05) is 0 Å². The first-order valence-electron chi connectivity index (χ1n) is 6.29. The molecule has 5 heteroatoms. The van der Waals surface area contributed by atoms with Gasteiger partial charge in [0.15, 0.2) is 0 Å². The summed E-state index contributed by atoms with van der Waals surface area (Å²) in [5, 5.41) is 9.21. The van der Waals surface area contributed by atoms with E-state index >= 15 is 0 Å². The Hall–Kier alpha value is -1.75. The lowest BCUT2D eigenvalue weighted by Gasteiger charge is -2.13.